The zero-order valence-electron chi connectivity index (χ0n) is 27.5. The highest BCUT2D eigenvalue weighted by atomic mass is 16.5. The monoisotopic (exact) mass is 633 g/mol. The number of carbonyl (C=O) groups excluding carboxylic acids is 1. The molecule has 2 aliphatic heterocycles. The predicted molar refractivity (Wildman–Crippen MR) is 181 cm³/mol. The maximum atomic E-state index is 13.8. The summed E-state index contributed by atoms with van der Waals surface area (Å²) in [5, 5.41) is 15.4. The van der Waals surface area contributed by atoms with E-state index in [4.69, 9.17) is 20.4 Å². The predicted octanol–water partition coefficient (Wildman–Crippen LogP) is 5.43. The molecule has 3 fully saturated rings. The van der Waals surface area contributed by atoms with Crippen molar-refractivity contribution in [1.82, 2.24) is 29.2 Å². The first-order chi connectivity index (χ1) is 22.7. The summed E-state index contributed by atoms with van der Waals surface area (Å²) in [7, 11) is 1.64. The van der Waals surface area contributed by atoms with E-state index < -0.39 is 6.23 Å². The number of aromatic nitrogens is 4. The number of fused-ring (bicyclic) bond motifs is 4. The number of ether oxygens (including phenoxy) is 1. The van der Waals surface area contributed by atoms with Crippen molar-refractivity contribution in [3.8, 4) is 17.3 Å². The van der Waals surface area contributed by atoms with Crippen molar-refractivity contribution >= 4 is 22.6 Å². The van der Waals surface area contributed by atoms with Crippen LogP contribution in [0.1, 0.15) is 84.2 Å². The summed E-state index contributed by atoms with van der Waals surface area (Å²) in [6, 6.07) is 18.1. The third kappa shape index (κ3) is 5.10. The molecule has 47 heavy (non-hydrogen) atoms. The second-order valence-corrected chi connectivity index (χ2v) is 13.8. The molecule has 4 N–H and O–H groups in total. The van der Waals surface area contributed by atoms with Gasteiger partial charge in [-0.05, 0) is 94.2 Å². The van der Waals surface area contributed by atoms with Gasteiger partial charge in [-0.2, -0.15) is 0 Å². The van der Waals surface area contributed by atoms with Gasteiger partial charge < -0.3 is 25.0 Å². The fourth-order valence-corrected chi connectivity index (χ4v) is 7.92. The Morgan fingerprint density at radius 2 is 1.89 bits per heavy atom. The first-order valence-corrected chi connectivity index (χ1v) is 16.9. The van der Waals surface area contributed by atoms with Crippen LogP contribution in [0.5, 0.6) is 5.88 Å². The molecule has 3 aliphatic rings. The van der Waals surface area contributed by atoms with Crippen molar-refractivity contribution < 1.29 is 14.6 Å². The summed E-state index contributed by atoms with van der Waals surface area (Å²) < 4.78 is 10.2. The van der Waals surface area contributed by atoms with E-state index in [0.717, 1.165) is 70.7 Å². The van der Waals surface area contributed by atoms with Crippen LogP contribution in [-0.2, 0) is 6.54 Å². The van der Waals surface area contributed by atoms with Crippen molar-refractivity contribution in [3.05, 3.63) is 82.7 Å². The lowest BCUT2D eigenvalue weighted by atomic mass is 9.97. The van der Waals surface area contributed by atoms with E-state index in [1.165, 1.54) is 12.8 Å². The molecule has 10 nitrogen and oxygen atoms in total. The van der Waals surface area contributed by atoms with Crippen LogP contribution in [0.15, 0.2) is 54.6 Å². The number of nitrogens with two attached hydrogens (primary N) is 1. The van der Waals surface area contributed by atoms with Gasteiger partial charge in [0.05, 0.1) is 24.2 Å². The SMILES string of the molecule is COc1cc(C(=O)N2[C@H]3CC[C@@H]2[C@H](N)C3)cc2nc(-c3cc4ccc([C@@H](C)NC(O)c5ccccc5C)nc4n3CC3CC3)c(C)n12. The lowest BCUT2D eigenvalue weighted by Gasteiger charge is -2.23. The largest absolute Gasteiger partial charge is 0.482 e. The maximum Gasteiger partial charge on any atom is 0.254 e. The van der Waals surface area contributed by atoms with Gasteiger partial charge in [0.15, 0.2) is 5.88 Å². The Kier molecular flexibility index (Phi) is 7.35. The summed E-state index contributed by atoms with van der Waals surface area (Å²) in [6.07, 6.45) is 4.44. The van der Waals surface area contributed by atoms with Crippen LogP contribution in [0.3, 0.4) is 0 Å². The number of nitrogens with zero attached hydrogens (tertiary/aromatic N) is 5. The van der Waals surface area contributed by atoms with Crippen molar-refractivity contribution in [3.63, 3.8) is 0 Å². The number of nitrogens with one attached hydrogen (secondary N) is 1. The number of benzene rings is 1. The number of imidazole rings is 1. The number of aliphatic hydroxyl groups excluding tert-OH is 1. The van der Waals surface area contributed by atoms with Crippen molar-refractivity contribution in [1.29, 1.82) is 0 Å². The maximum absolute atomic E-state index is 13.8. The molecule has 1 aliphatic carbocycles. The fourth-order valence-electron chi connectivity index (χ4n) is 7.92. The normalized spacial score (nSPS) is 22.0. The molecule has 4 aromatic heterocycles. The molecule has 5 atom stereocenters. The lowest BCUT2D eigenvalue weighted by Crippen LogP contribution is -2.40. The van der Waals surface area contributed by atoms with Crippen molar-refractivity contribution in [2.75, 3.05) is 7.11 Å². The number of methoxy groups -OCH3 is 1. The zero-order valence-corrected chi connectivity index (χ0v) is 27.5. The molecule has 2 saturated heterocycles. The first-order valence-electron chi connectivity index (χ1n) is 16.9. The number of pyridine rings is 2. The molecule has 6 heterocycles. The zero-order chi connectivity index (χ0) is 32.6. The van der Waals surface area contributed by atoms with Gasteiger partial charge in [0.25, 0.3) is 5.91 Å². The molecule has 1 amide bonds. The van der Waals surface area contributed by atoms with Crippen LogP contribution < -0.4 is 15.8 Å². The van der Waals surface area contributed by atoms with Crippen LogP contribution in [0.25, 0.3) is 28.1 Å². The van der Waals surface area contributed by atoms with E-state index in [9.17, 15) is 9.90 Å². The van der Waals surface area contributed by atoms with Gasteiger partial charge in [-0.1, -0.05) is 24.3 Å². The average molecular weight is 634 g/mol. The number of aliphatic hydroxyl groups is 1. The van der Waals surface area contributed by atoms with E-state index in [2.05, 4.69) is 28.9 Å². The second kappa shape index (κ2) is 11.5. The summed E-state index contributed by atoms with van der Waals surface area (Å²) >= 11 is 0. The summed E-state index contributed by atoms with van der Waals surface area (Å²) in [5.41, 5.74) is 14.1. The number of carbonyl (C=O) groups is 1. The third-order valence-electron chi connectivity index (χ3n) is 10.7. The van der Waals surface area contributed by atoms with E-state index in [1.807, 2.05) is 65.6 Å². The summed E-state index contributed by atoms with van der Waals surface area (Å²) in [4.78, 5) is 26.1. The van der Waals surface area contributed by atoms with E-state index in [0.29, 0.717) is 23.0 Å². The van der Waals surface area contributed by atoms with Gasteiger partial charge in [0.1, 0.15) is 23.2 Å². The molecular formula is C37H43N7O3. The minimum Gasteiger partial charge on any atom is -0.482 e. The molecule has 1 saturated carbocycles. The number of aryl methyl sites for hydroxylation is 2. The van der Waals surface area contributed by atoms with Crippen LogP contribution in [0, 0.1) is 19.8 Å². The third-order valence-corrected chi connectivity index (χ3v) is 10.7. The van der Waals surface area contributed by atoms with E-state index in [1.54, 1.807) is 7.11 Å². The quantitative estimate of drug-likeness (QED) is 0.185. The van der Waals surface area contributed by atoms with Crippen LogP contribution in [0.4, 0.5) is 0 Å². The highest BCUT2D eigenvalue weighted by Crippen LogP contribution is 2.40. The molecule has 8 rings (SSSR count). The Balaban J connectivity index is 1.17. The Morgan fingerprint density at radius 3 is 2.60 bits per heavy atom. The number of hydrogen-bond acceptors (Lipinski definition) is 7. The summed E-state index contributed by atoms with van der Waals surface area (Å²) in [6.45, 7) is 6.94. The van der Waals surface area contributed by atoms with Gasteiger partial charge in [-0.25, -0.2) is 9.97 Å². The van der Waals surface area contributed by atoms with Gasteiger partial charge in [-0.15, -0.1) is 0 Å². The molecule has 1 aromatic carbocycles. The Labute approximate surface area is 274 Å². The Hall–Kier alpha value is -4.25. The molecule has 244 valence electrons. The Morgan fingerprint density at radius 1 is 1.09 bits per heavy atom. The Bertz CT molecular complexity index is 2010. The number of hydrogen-bond donors (Lipinski definition) is 3. The topological polar surface area (TPSA) is 123 Å². The van der Waals surface area contributed by atoms with Crippen LogP contribution in [0.2, 0.25) is 0 Å². The molecule has 1 unspecified atom stereocenters. The second-order valence-electron chi connectivity index (χ2n) is 13.8. The van der Waals surface area contributed by atoms with Crippen molar-refractivity contribution in [2.24, 2.45) is 11.7 Å². The van der Waals surface area contributed by atoms with Gasteiger partial charge >= 0.3 is 0 Å². The van der Waals surface area contributed by atoms with Crippen molar-refractivity contribution in [2.45, 2.75) is 89.8 Å². The molecule has 5 aromatic rings. The fraction of sp³-hybridized carbons (Fsp3) is 0.432. The lowest BCUT2D eigenvalue weighted by molar-refractivity contribution is 0.0726. The van der Waals surface area contributed by atoms with Crippen LogP contribution in [-0.4, -0.2) is 60.1 Å². The minimum absolute atomic E-state index is 0.00306. The molecule has 10 heteroatoms. The van der Waals surface area contributed by atoms with Gasteiger partial charge in [0, 0.05) is 47.7 Å². The van der Waals surface area contributed by atoms with Gasteiger partial charge in [0.2, 0.25) is 0 Å². The molecular weight excluding hydrogens is 590 g/mol. The molecule has 0 radical (unpaired) electrons. The number of rotatable bonds is 9. The first kappa shape index (κ1) is 30.1. The van der Waals surface area contributed by atoms with Crippen LogP contribution >= 0.6 is 0 Å². The molecule has 0 spiro atoms. The number of amides is 1. The van der Waals surface area contributed by atoms with E-state index >= 15 is 0 Å². The van der Waals surface area contributed by atoms with E-state index in [-0.39, 0.29) is 30.1 Å². The van der Waals surface area contributed by atoms with Gasteiger partial charge in [-0.3, -0.25) is 14.5 Å². The summed E-state index contributed by atoms with van der Waals surface area (Å²) in [5.74, 6) is 1.19. The smallest absolute Gasteiger partial charge is 0.254 e. The minimum atomic E-state index is -0.803. The standard InChI is InChI=1S/C37H43N7O3/c1-20-7-5-6-8-27(20)36(45)39-21(2)29-13-11-24-15-31(42(35(24)40-29)19-23-9-10-23)34-22(3)43-32(41-34)16-25(17-33(43)47-4)37(46)44-26-12-14-30(44)28(38)18-26/h5-8,11,13,15-17,21,23,26,28,30,36,39,45H,9-10,12,14,18-19,38H2,1-4H3/t21-,26+,28-,30-,36?/m1/s1. The highest BCUT2D eigenvalue weighted by Gasteiger charge is 2.47. The average Bonchev–Trinajstić information content (AvgIpc) is 3.38. The highest BCUT2D eigenvalue weighted by molar-refractivity contribution is 5.96. The molecule has 2 bridgehead atoms.